The second-order valence-corrected chi connectivity index (χ2v) is 5.66. The molecule has 2 aromatic heterocycles. The molecule has 0 aliphatic carbocycles. The summed E-state index contributed by atoms with van der Waals surface area (Å²) in [5.74, 6) is 0.781. The van der Waals surface area contributed by atoms with Gasteiger partial charge in [0.15, 0.2) is 9.68 Å². The monoisotopic (exact) mass is 307 g/mol. The fourth-order valence-corrected chi connectivity index (χ4v) is 3.43. The Bertz CT molecular complexity index is 382. The Labute approximate surface area is 89.9 Å². The predicted molar refractivity (Wildman–Crippen MR) is 55.2 cm³/mol. The Kier molecular flexibility index (Phi) is 2.34. The van der Waals surface area contributed by atoms with Crippen LogP contribution < -0.4 is 0 Å². The minimum absolute atomic E-state index is 0.781. The largest absolute Gasteiger partial charge is 0.463 e. The molecule has 2 aromatic rings. The van der Waals surface area contributed by atoms with Crippen LogP contribution in [-0.4, -0.2) is 4.98 Å². The maximum atomic E-state index is 5.21. The second-order valence-electron chi connectivity index (χ2n) is 2.07. The Balaban J connectivity index is 2.54. The van der Waals surface area contributed by atoms with Gasteiger partial charge in [-0.1, -0.05) is 11.3 Å². The first kappa shape index (κ1) is 8.47. The lowest BCUT2D eigenvalue weighted by Gasteiger charge is -1.88. The number of hydrogen-bond donors (Lipinski definition) is 0. The SMILES string of the molecule is Brc1nc(-c2ccco2)c(Br)s1. The summed E-state index contributed by atoms with van der Waals surface area (Å²) in [6.45, 7) is 0. The van der Waals surface area contributed by atoms with E-state index < -0.39 is 0 Å². The van der Waals surface area contributed by atoms with Gasteiger partial charge >= 0.3 is 0 Å². The molecule has 0 atom stereocenters. The molecule has 0 N–H and O–H groups in total. The van der Waals surface area contributed by atoms with Crippen LogP contribution in [0.3, 0.4) is 0 Å². The quantitative estimate of drug-likeness (QED) is 0.798. The third kappa shape index (κ3) is 1.48. The molecule has 0 bridgehead atoms. The van der Waals surface area contributed by atoms with E-state index in [1.165, 1.54) is 11.3 Å². The summed E-state index contributed by atoms with van der Waals surface area (Å²) in [4.78, 5) is 4.25. The molecule has 2 heterocycles. The van der Waals surface area contributed by atoms with Crippen molar-refractivity contribution in [1.29, 1.82) is 0 Å². The highest BCUT2D eigenvalue weighted by Crippen LogP contribution is 2.35. The van der Waals surface area contributed by atoms with E-state index in [4.69, 9.17) is 4.42 Å². The molecule has 0 saturated heterocycles. The van der Waals surface area contributed by atoms with Crippen molar-refractivity contribution in [2.45, 2.75) is 0 Å². The number of furan rings is 1. The van der Waals surface area contributed by atoms with Gasteiger partial charge in [-0.3, -0.25) is 0 Å². The molecule has 0 spiro atoms. The minimum atomic E-state index is 0.781. The van der Waals surface area contributed by atoms with Crippen LogP contribution in [0, 0.1) is 0 Å². The fraction of sp³-hybridized carbons (Fsp3) is 0. The zero-order valence-electron chi connectivity index (χ0n) is 5.75. The van der Waals surface area contributed by atoms with E-state index in [0.29, 0.717) is 0 Å². The van der Waals surface area contributed by atoms with Crippen LogP contribution >= 0.6 is 43.2 Å². The van der Waals surface area contributed by atoms with Gasteiger partial charge in [0.25, 0.3) is 0 Å². The lowest BCUT2D eigenvalue weighted by atomic mass is 10.4. The smallest absolute Gasteiger partial charge is 0.161 e. The number of hydrogen-bond acceptors (Lipinski definition) is 3. The van der Waals surface area contributed by atoms with Crippen LogP contribution in [-0.2, 0) is 0 Å². The van der Waals surface area contributed by atoms with Gasteiger partial charge in [-0.05, 0) is 44.0 Å². The molecule has 5 heteroatoms. The van der Waals surface area contributed by atoms with Crippen molar-refractivity contribution in [1.82, 2.24) is 4.98 Å². The van der Waals surface area contributed by atoms with Gasteiger partial charge in [0.2, 0.25) is 0 Å². The third-order valence-corrected chi connectivity index (χ3v) is 3.47. The zero-order valence-corrected chi connectivity index (χ0v) is 9.74. The predicted octanol–water partition coefficient (Wildman–Crippen LogP) is 3.93. The first-order valence-electron chi connectivity index (χ1n) is 3.13. The van der Waals surface area contributed by atoms with Crippen LogP contribution in [0.15, 0.2) is 30.5 Å². The summed E-state index contributed by atoms with van der Waals surface area (Å²) in [6.07, 6.45) is 1.63. The molecule has 0 aliphatic rings. The van der Waals surface area contributed by atoms with Crippen LogP contribution in [0.1, 0.15) is 0 Å². The van der Waals surface area contributed by atoms with Gasteiger partial charge < -0.3 is 4.42 Å². The summed E-state index contributed by atoms with van der Waals surface area (Å²) in [6, 6.07) is 3.72. The highest BCUT2D eigenvalue weighted by Gasteiger charge is 2.11. The third-order valence-electron chi connectivity index (χ3n) is 1.31. The zero-order chi connectivity index (χ0) is 8.55. The fourth-order valence-electron chi connectivity index (χ4n) is 0.842. The van der Waals surface area contributed by atoms with E-state index in [0.717, 1.165) is 19.2 Å². The standard InChI is InChI=1S/C7H3Br2NOS/c8-6-5(10-7(9)12-6)4-2-1-3-11-4/h1-3H. The van der Waals surface area contributed by atoms with Crippen molar-refractivity contribution in [2.24, 2.45) is 0 Å². The molecule has 0 aliphatic heterocycles. The van der Waals surface area contributed by atoms with Crippen LogP contribution in [0.5, 0.6) is 0 Å². The van der Waals surface area contributed by atoms with Crippen molar-refractivity contribution in [3.8, 4) is 11.5 Å². The molecule has 2 nitrogen and oxygen atoms in total. The topological polar surface area (TPSA) is 26.0 Å². The van der Waals surface area contributed by atoms with Gasteiger partial charge in [0.1, 0.15) is 9.48 Å². The van der Waals surface area contributed by atoms with Crippen molar-refractivity contribution >= 4 is 43.2 Å². The Morgan fingerprint density at radius 3 is 2.75 bits per heavy atom. The summed E-state index contributed by atoms with van der Waals surface area (Å²) in [7, 11) is 0. The van der Waals surface area contributed by atoms with Crippen molar-refractivity contribution < 1.29 is 4.42 Å². The summed E-state index contributed by atoms with van der Waals surface area (Å²) >= 11 is 8.24. The molecule has 0 unspecified atom stereocenters. The molecule has 62 valence electrons. The first-order chi connectivity index (χ1) is 5.77. The number of nitrogens with zero attached hydrogens (tertiary/aromatic N) is 1. The van der Waals surface area contributed by atoms with Crippen molar-refractivity contribution in [3.05, 3.63) is 26.1 Å². The maximum absolute atomic E-state index is 5.21. The van der Waals surface area contributed by atoms with Crippen LogP contribution in [0.4, 0.5) is 0 Å². The van der Waals surface area contributed by atoms with E-state index in [1.54, 1.807) is 6.26 Å². The van der Waals surface area contributed by atoms with E-state index in [-0.39, 0.29) is 0 Å². The van der Waals surface area contributed by atoms with Crippen molar-refractivity contribution in [3.63, 3.8) is 0 Å². The molecule has 0 fully saturated rings. The van der Waals surface area contributed by atoms with Crippen LogP contribution in [0.2, 0.25) is 0 Å². The van der Waals surface area contributed by atoms with E-state index in [2.05, 4.69) is 36.8 Å². The maximum Gasteiger partial charge on any atom is 0.161 e. The Morgan fingerprint density at radius 1 is 1.42 bits per heavy atom. The second kappa shape index (κ2) is 3.32. The average molecular weight is 309 g/mol. The minimum Gasteiger partial charge on any atom is -0.463 e. The lowest BCUT2D eigenvalue weighted by molar-refractivity contribution is 0.580. The van der Waals surface area contributed by atoms with Crippen LogP contribution in [0.25, 0.3) is 11.5 Å². The molecule has 0 aromatic carbocycles. The van der Waals surface area contributed by atoms with Gasteiger partial charge in [0, 0.05) is 0 Å². The average Bonchev–Trinajstić information content (AvgIpc) is 2.58. The molecule has 0 radical (unpaired) electrons. The Morgan fingerprint density at radius 2 is 2.25 bits per heavy atom. The molecule has 12 heavy (non-hydrogen) atoms. The number of halogens is 2. The van der Waals surface area contributed by atoms with Gasteiger partial charge in [-0.25, -0.2) is 4.98 Å². The molecule has 2 rings (SSSR count). The molecular formula is C7H3Br2NOS. The van der Waals surface area contributed by atoms with E-state index >= 15 is 0 Å². The van der Waals surface area contributed by atoms with E-state index in [1.807, 2.05) is 12.1 Å². The normalized spacial score (nSPS) is 10.5. The molecular weight excluding hydrogens is 306 g/mol. The van der Waals surface area contributed by atoms with Crippen molar-refractivity contribution in [2.75, 3.05) is 0 Å². The number of rotatable bonds is 1. The molecule has 0 amide bonds. The highest BCUT2D eigenvalue weighted by molar-refractivity contribution is 9.12. The Hall–Kier alpha value is -0.130. The van der Waals surface area contributed by atoms with E-state index in [9.17, 15) is 0 Å². The van der Waals surface area contributed by atoms with Gasteiger partial charge in [-0.2, -0.15) is 0 Å². The van der Waals surface area contributed by atoms with Gasteiger partial charge in [0.05, 0.1) is 6.26 Å². The summed E-state index contributed by atoms with van der Waals surface area (Å²) in [5, 5.41) is 0. The highest BCUT2D eigenvalue weighted by atomic mass is 79.9. The molecule has 0 saturated carbocycles. The summed E-state index contributed by atoms with van der Waals surface area (Å²) < 4.78 is 7.03. The summed E-state index contributed by atoms with van der Waals surface area (Å²) in [5.41, 5.74) is 0.844. The lowest BCUT2D eigenvalue weighted by Crippen LogP contribution is -1.72. The van der Waals surface area contributed by atoms with Gasteiger partial charge in [-0.15, -0.1) is 0 Å². The first-order valence-corrected chi connectivity index (χ1v) is 5.53. The number of thiazole rings is 1. The number of aromatic nitrogens is 1.